The highest BCUT2D eigenvalue weighted by molar-refractivity contribution is 5.27. The Balaban J connectivity index is 1.88. The van der Waals surface area contributed by atoms with Crippen LogP contribution in [-0.2, 0) is 0 Å². The fourth-order valence-corrected chi connectivity index (χ4v) is 4.29. The van der Waals surface area contributed by atoms with E-state index in [2.05, 4.69) is 55.5 Å². The Labute approximate surface area is 117 Å². The number of aryl methyl sites for hydroxylation is 1. The molecule has 0 saturated carbocycles. The van der Waals surface area contributed by atoms with Crippen molar-refractivity contribution in [2.75, 3.05) is 20.6 Å². The predicted molar refractivity (Wildman–Crippen MR) is 80.5 cm³/mol. The third kappa shape index (κ3) is 2.32. The molecule has 0 aromatic heterocycles. The molecule has 2 aliphatic rings. The van der Waals surface area contributed by atoms with Crippen LogP contribution in [0.1, 0.15) is 36.3 Å². The Morgan fingerprint density at radius 1 is 1.21 bits per heavy atom. The predicted octanol–water partition coefficient (Wildman–Crippen LogP) is 2.78. The molecule has 2 heteroatoms. The van der Waals surface area contributed by atoms with Crippen molar-refractivity contribution in [2.24, 2.45) is 5.92 Å². The van der Waals surface area contributed by atoms with Crippen molar-refractivity contribution in [3.63, 3.8) is 0 Å². The summed E-state index contributed by atoms with van der Waals surface area (Å²) in [5.74, 6) is 1.50. The molecule has 2 fully saturated rings. The van der Waals surface area contributed by atoms with E-state index < -0.39 is 0 Å². The molecule has 2 saturated heterocycles. The summed E-state index contributed by atoms with van der Waals surface area (Å²) in [4.78, 5) is 2.65. The van der Waals surface area contributed by atoms with Gasteiger partial charge in [0.25, 0.3) is 0 Å². The summed E-state index contributed by atoms with van der Waals surface area (Å²) in [6.07, 6.45) is 4.11. The van der Waals surface area contributed by atoms with Gasteiger partial charge >= 0.3 is 0 Å². The summed E-state index contributed by atoms with van der Waals surface area (Å²) in [7, 11) is 4.42. The minimum Gasteiger partial charge on any atom is -0.319 e. The monoisotopic (exact) mass is 258 g/mol. The van der Waals surface area contributed by atoms with Gasteiger partial charge in [0, 0.05) is 12.1 Å². The number of hydrogen-bond acceptors (Lipinski definition) is 2. The van der Waals surface area contributed by atoms with Gasteiger partial charge in [0.05, 0.1) is 0 Å². The van der Waals surface area contributed by atoms with Crippen LogP contribution in [-0.4, -0.2) is 37.6 Å². The van der Waals surface area contributed by atoms with Crippen molar-refractivity contribution < 1.29 is 0 Å². The lowest BCUT2D eigenvalue weighted by atomic mass is 9.76. The van der Waals surface area contributed by atoms with Crippen LogP contribution in [0.3, 0.4) is 0 Å². The number of benzene rings is 1. The Kier molecular flexibility index (Phi) is 3.64. The molecule has 0 amide bonds. The summed E-state index contributed by atoms with van der Waals surface area (Å²) in [6, 6.07) is 10.8. The zero-order valence-corrected chi connectivity index (χ0v) is 12.4. The van der Waals surface area contributed by atoms with E-state index in [0.29, 0.717) is 0 Å². The molecule has 1 N–H and O–H groups in total. The zero-order chi connectivity index (χ0) is 13.4. The molecule has 2 nitrogen and oxygen atoms in total. The van der Waals surface area contributed by atoms with E-state index in [0.717, 1.165) is 30.5 Å². The van der Waals surface area contributed by atoms with Crippen molar-refractivity contribution >= 4 is 0 Å². The maximum Gasteiger partial charge on any atom is 0.0142 e. The normalized spacial score (nSPS) is 34.7. The SMILES string of the molecule is CNCC1C(c2ccc(C)cc2)CC2CCC1N2C. The highest BCUT2D eigenvalue weighted by Gasteiger charge is 2.45. The van der Waals surface area contributed by atoms with Crippen LogP contribution in [0.4, 0.5) is 0 Å². The molecule has 3 rings (SSSR count). The minimum atomic E-state index is 0.738. The molecule has 1 aromatic rings. The lowest BCUT2D eigenvalue weighted by molar-refractivity contribution is 0.100. The lowest BCUT2D eigenvalue weighted by Crippen LogP contribution is -2.48. The third-order valence-electron chi connectivity index (χ3n) is 5.38. The number of nitrogens with zero attached hydrogens (tertiary/aromatic N) is 1. The van der Waals surface area contributed by atoms with Crippen molar-refractivity contribution in [2.45, 2.75) is 44.2 Å². The van der Waals surface area contributed by atoms with E-state index in [4.69, 9.17) is 0 Å². The molecule has 1 aromatic carbocycles. The van der Waals surface area contributed by atoms with Gasteiger partial charge in [0.15, 0.2) is 0 Å². The van der Waals surface area contributed by atoms with Gasteiger partial charge in [-0.15, -0.1) is 0 Å². The summed E-state index contributed by atoms with van der Waals surface area (Å²) in [6.45, 7) is 3.31. The maximum atomic E-state index is 3.43. The molecular formula is C17H26N2. The van der Waals surface area contributed by atoms with Gasteiger partial charge < -0.3 is 10.2 Å². The zero-order valence-electron chi connectivity index (χ0n) is 12.4. The Hall–Kier alpha value is -0.860. The molecule has 0 aliphatic carbocycles. The van der Waals surface area contributed by atoms with Crippen LogP contribution in [0.15, 0.2) is 24.3 Å². The van der Waals surface area contributed by atoms with E-state index in [1.807, 2.05) is 0 Å². The van der Waals surface area contributed by atoms with Crippen molar-refractivity contribution in [1.82, 2.24) is 10.2 Å². The van der Waals surface area contributed by atoms with Gasteiger partial charge in [-0.2, -0.15) is 0 Å². The summed E-state index contributed by atoms with van der Waals surface area (Å²) < 4.78 is 0. The van der Waals surface area contributed by atoms with E-state index in [-0.39, 0.29) is 0 Å². The molecular weight excluding hydrogens is 232 g/mol. The van der Waals surface area contributed by atoms with Crippen LogP contribution in [0.25, 0.3) is 0 Å². The van der Waals surface area contributed by atoms with Crippen LogP contribution in [0.5, 0.6) is 0 Å². The van der Waals surface area contributed by atoms with Gasteiger partial charge in [-0.3, -0.25) is 0 Å². The standard InChI is InChI=1S/C17H26N2/c1-12-4-6-13(7-5-12)15-10-14-8-9-17(19(14)3)16(15)11-18-2/h4-7,14-18H,8-11H2,1-3H3. The second-order valence-electron chi connectivity index (χ2n) is 6.44. The molecule has 4 atom stereocenters. The van der Waals surface area contributed by atoms with Gasteiger partial charge in [0.2, 0.25) is 0 Å². The Bertz CT molecular complexity index is 425. The summed E-state index contributed by atoms with van der Waals surface area (Å²) in [5, 5.41) is 3.43. The van der Waals surface area contributed by atoms with Crippen LogP contribution < -0.4 is 5.32 Å². The second kappa shape index (κ2) is 5.26. The number of hydrogen-bond donors (Lipinski definition) is 1. The molecule has 0 radical (unpaired) electrons. The van der Waals surface area contributed by atoms with Crippen molar-refractivity contribution in [3.05, 3.63) is 35.4 Å². The van der Waals surface area contributed by atoms with Gasteiger partial charge in [0.1, 0.15) is 0 Å². The molecule has 0 spiro atoms. The third-order valence-corrected chi connectivity index (χ3v) is 5.38. The van der Waals surface area contributed by atoms with Crippen LogP contribution in [0, 0.1) is 12.8 Å². The molecule has 104 valence electrons. The number of nitrogens with one attached hydrogen (secondary N) is 1. The highest BCUT2D eigenvalue weighted by Crippen LogP contribution is 2.45. The van der Waals surface area contributed by atoms with Crippen LogP contribution >= 0.6 is 0 Å². The lowest BCUT2D eigenvalue weighted by Gasteiger charge is -2.43. The quantitative estimate of drug-likeness (QED) is 0.897. The summed E-state index contributed by atoms with van der Waals surface area (Å²) in [5.41, 5.74) is 2.92. The Morgan fingerprint density at radius 2 is 1.95 bits per heavy atom. The fourth-order valence-electron chi connectivity index (χ4n) is 4.29. The smallest absolute Gasteiger partial charge is 0.0142 e. The number of rotatable bonds is 3. The van der Waals surface area contributed by atoms with E-state index in [9.17, 15) is 0 Å². The van der Waals surface area contributed by atoms with Gasteiger partial charge in [-0.05, 0) is 64.2 Å². The van der Waals surface area contributed by atoms with E-state index in [1.165, 1.54) is 24.8 Å². The van der Waals surface area contributed by atoms with Gasteiger partial charge in [-0.25, -0.2) is 0 Å². The first-order valence-electron chi connectivity index (χ1n) is 7.64. The molecule has 2 aliphatic heterocycles. The first-order chi connectivity index (χ1) is 9.20. The van der Waals surface area contributed by atoms with Crippen molar-refractivity contribution in [3.8, 4) is 0 Å². The van der Waals surface area contributed by atoms with E-state index in [1.54, 1.807) is 5.56 Å². The summed E-state index contributed by atoms with van der Waals surface area (Å²) >= 11 is 0. The number of piperidine rings is 1. The molecule has 4 unspecified atom stereocenters. The number of fused-ring (bicyclic) bond motifs is 2. The topological polar surface area (TPSA) is 15.3 Å². The molecule has 2 heterocycles. The van der Waals surface area contributed by atoms with E-state index >= 15 is 0 Å². The maximum absolute atomic E-state index is 3.43. The largest absolute Gasteiger partial charge is 0.319 e. The van der Waals surface area contributed by atoms with Crippen LogP contribution in [0.2, 0.25) is 0 Å². The van der Waals surface area contributed by atoms with Gasteiger partial charge in [-0.1, -0.05) is 29.8 Å². The van der Waals surface area contributed by atoms with Crippen molar-refractivity contribution in [1.29, 1.82) is 0 Å². The second-order valence-corrected chi connectivity index (χ2v) is 6.44. The average Bonchev–Trinajstić information content (AvgIpc) is 2.65. The average molecular weight is 258 g/mol. The highest BCUT2D eigenvalue weighted by atomic mass is 15.2. The fraction of sp³-hybridized carbons (Fsp3) is 0.647. The first-order valence-corrected chi connectivity index (χ1v) is 7.64. The first kappa shape index (κ1) is 13.1. The molecule has 2 bridgehead atoms. The molecule has 19 heavy (non-hydrogen) atoms. The minimum absolute atomic E-state index is 0.738. The Morgan fingerprint density at radius 3 is 2.63 bits per heavy atom.